The monoisotopic (exact) mass is 364 g/mol. The molecule has 1 aromatic heterocycles. The highest BCUT2D eigenvalue weighted by Crippen LogP contribution is 2.48. The fourth-order valence-electron chi connectivity index (χ4n) is 2.61. The zero-order valence-corrected chi connectivity index (χ0v) is 16.4. The van der Waals surface area contributed by atoms with E-state index in [-0.39, 0.29) is 11.5 Å². The summed E-state index contributed by atoms with van der Waals surface area (Å²) in [6.07, 6.45) is 1.88. The van der Waals surface area contributed by atoms with Crippen molar-refractivity contribution in [3.05, 3.63) is 22.0 Å². The Balaban J connectivity index is 2.93. The summed E-state index contributed by atoms with van der Waals surface area (Å²) in [5, 5.41) is 3.68. The SMILES string of the molecule is COc1c(SC)c(NC(=O)C(C)(C)C)c(OC)c2c(C)cc(=O)[nH]c12. The Labute approximate surface area is 151 Å². The van der Waals surface area contributed by atoms with E-state index in [0.29, 0.717) is 33.0 Å². The van der Waals surface area contributed by atoms with Gasteiger partial charge in [-0.3, -0.25) is 9.59 Å². The minimum Gasteiger partial charge on any atom is -0.494 e. The van der Waals surface area contributed by atoms with Gasteiger partial charge in [0.2, 0.25) is 11.5 Å². The van der Waals surface area contributed by atoms with Crippen molar-refractivity contribution in [1.29, 1.82) is 0 Å². The Morgan fingerprint density at radius 1 is 1.20 bits per heavy atom. The third-order valence-electron chi connectivity index (χ3n) is 3.89. The van der Waals surface area contributed by atoms with Gasteiger partial charge in [0.1, 0.15) is 5.69 Å². The first kappa shape index (κ1) is 19.2. The highest BCUT2D eigenvalue weighted by molar-refractivity contribution is 7.98. The molecule has 0 aliphatic heterocycles. The van der Waals surface area contributed by atoms with Crippen LogP contribution >= 0.6 is 11.8 Å². The van der Waals surface area contributed by atoms with E-state index >= 15 is 0 Å². The lowest BCUT2D eigenvalue weighted by atomic mass is 9.95. The molecule has 1 amide bonds. The Morgan fingerprint density at radius 3 is 2.28 bits per heavy atom. The van der Waals surface area contributed by atoms with Gasteiger partial charge in [0.25, 0.3) is 0 Å². The third-order valence-corrected chi connectivity index (χ3v) is 4.68. The number of aryl methyl sites for hydroxylation is 1. The second-order valence-electron chi connectivity index (χ2n) is 6.75. The molecule has 0 fully saturated rings. The summed E-state index contributed by atoms with van der Waals surface area (Å²) in [5.41, 5.74) is 1.07. The molecule has 25 heavy (non-hydrogen) atoms. The molecule has 0 radical (unpaired) electrons. The Bertz CT molecular complexity index is 881. The third kappa shape index (κ3) is 3.46. The molecule has 0 aliphatic carbocycles. The molecule has 0 unspecified atom stereocenters. The van der Waals surface area contributed by atoms with Crippen molar-refractivity contribution in [2.45, 2.75) is 32.6 Å². The number of methoxy groups -OCH3 is 2. The topological polar surface area (TPSA) is 80.4 Å². The smallest absolute Gasteiger partial charge is 0.248 e. The molecule has 2 rings (SSSR count). The number of carbonyl (C=O) groups is 1. The molecular weight excluding hydrogens is 340 g/mol. The molecule has 7 heteroatoms. The quantitative estimate of drug-likeness (QED) is 0.811. The van der Waals surface area contributed by atoms with E-state index in [0.717, 1.165) is 5.56 Å². The summed E-state index contributed by atoms with van der Waals surface area (Å²) in [5.74, 6) is 0.879. The van der Waals surface area contributed by atoms with Gasteiger partial charge in [0, 0.05) is 16.9 Å². The number of H-pyrrole nitrogens is 1. The average Bonchev–Trinajstić information content (AvgIpc) is 2.52. The fraction of sp³-hybridized carbons (Fsp3) is 0.444. The number of anilines is 1. The van der Waals surface area contributed by atoms with Gasteiger partial charge >= 0.3 is 0 Å². The van der Waals surface area contributed by atoms with E-state index in [2.05, 4.69) is 10.3 Å². The van der Waals surface area contributed by atoms with Gasteiger partial charge in [0.15, 0.2) is 11.5 Å². The van der Waals surface area contributed by atoms with Gasteiger partial charge in [-0.1, -0.05) is 20.8 Å². The van der Waals surface area contributed by atoms with Crippen molar-refractivity contribution in [3.8, 4) is 11.5 Å². The lowest BCUT2D eigenvalue weighted by molar-refractivity contribution is -0.123. The number of aromatic amines is 1. The lowest BCUT2D eigenvalue weighted by Gasteiger charge is -2.23. The van der Waals surface area contributed by atoms with Crippen molar-refractivity contribution in [2.75, 3.05) is 25.8 Å². The van der Waals surface area contributed by atoms with Crippen molar-refractivity contribution in [1.82, 2.24) is 4.98 Å². The van der Waals surface area contributed by atoms with Crippen LogP contribution in [0, 0.1) is 12.3 Å². The lowest BCUT2D eigenvalue weighted by Crippen LogP contribution is -2.28. The zero-order valence-electron chi connectivity index (χ0n) is 15.6. The van der Waals surface area contributed by atoms with Crippen LogP contribution in [0.4, 0.5) is 5.69 Å². The van der Waals surface area contributed by atoms with Crippen LogP contribution in [-0.4, -0.2) is 31.4 Å². The number of fused-ring (bicyclic) bond motifs is 1. The molecule has 1 aromatic carbocycles. The van der Waals surface area contributed by atoms with Gasteiger partial charge in [-0.25, -0.2) is 0 Å². The average molecular weight is 364 g/mol. The number of benzene rings is 1. The molecule has 6 nitrogen and oxygen atoms in total. The Kier molecular flexibility index (Phi) is 5.37. The van der Waals surface area contributed by atoms with E-state index in [1.165, 1.54) is 24.9 Å². The summed E-state index contributed by atoms with van der Waals surface area (Å²) in [6, 6.07) is 1.50. The highest BCUT2D eigenvalue weighted by atomic mass is 32.2. The number of aromatic nitrogens is 1. The first-order chi connectivity index (χ1) is 11.6. The second kappa shape index (κ2) is 7.00. The van der Waals surface area contributed by atoms with E-state index in [9.17, 15) is 9.59 Å². The van der Waals surface area contributed by atoms with Crippen LogP contribution in [-0.2, 0) is 4.79 Å². The van der Waals surface area contributed by atoms with Gasteiger partial charge in [-0.15, -0.1) is 11.8 Å². The van der Waals surface area contributed by atoms with E-state index in [1.807, 2.05) is 34.0 Å². The Hall–Kier alpha value is -2.15. The van der Waals surface area contributed by atoms with Gasteiger partial charge in [-0.05, 0) is 18.7 Å². The van der Waals surface area contributed by atoms with Crippen LogP contribution in [0.25, 0.3) is 10.9 Å². The number of ether oxygens (including phenoxy) is 2. The zero-order chi connectivity index (χ0) is 18.9. The number of amides is 1. The summed E-state index contributed by atoms with van der Waals surface area (Å²) >= 11 is 1.41. The van der Waals surface area contributed by atoms with Gasteiger partial charge < -0.3 is 19.8 Å². The van der Waals surface area contributed by atoms with E-state index in [4.69, 9.17) is 9.47 Å². The number of hydrogen-bond acceptors (Lipinski definition) is 5. The predicted molar refractivity (Wildman–Crippen MR) is 102 cm³/mol. The van der Waals surface area contributed by atoms with E-state index in [1.54, 1.807) is 7.11 Å². The van der Waals surface area contributed by atoms with Crippen LogP contribution < -0.4 is 20.3 Å². The first-order valence-corrected chi connectivity index (χ1v) is 9.05. The molecule has 0 aliphatic rings. The summed E-state index contributed by atoms with van der Waals surface area (Å²) < 4.78 is 11.2. The van der Waals surface area contributed by atoms with Gasteiger partial charge in [0.05, 0.1) is 24.6 Å². The van der Waals surface area contributed by atoms with Crippen molar-refractivity contribution >= 4 is 34.3 Å². The molecule has 0 bridgehead atoms. The fourth-order valence-corrected chi connectivity index (χ4v) is 3.33. The normalized spacial score (nSPS) is 11.5. The first-order valence-electron chi connectivity index (χ1n) is 7.82. The molecule has 2 N–H and O–H groups in total. The maximum absolute atomic E-state index is 12.6. The van der Waals surface area contributed by atoms with E-state index < -0.39 is 5.41 Å². The van der Waals surface area contributed by atoms with Crippen LogP contribution in [0.15, 0.2) is 15.8 Å². The second-order valence-corrected chi connectivity index (χ2v) is 7.56. The highest BCUT2D eigenvalue weighted by Gasteiger charge is 2.28. The van der Waals surface area contributed by atoms with Crippen molar-refractivity contribution in [3.63, 3.8) is 0 Å². The van der Waals surface area contributed by atoms with Crippen LogP contribution in [0.5, 0.6) is 11.5 Å². The summed E-state index contributed by atoms with van der Waals surface area (Å²) in [6.45, 7) is 7.35. The maximum atomic E-state index is 12.6. The number of thioether (sulfide) groups is 1. The molecular formula is C18H24N2O4S. The maximum Gasteiger partial charge on any atom is 0.248 e. The molecule has 0 saturated carbocycles. The molecule has 1 heterocycles. The molecule has 0 spiro atoms. The van der Waals surface area contributed by atoms with Crippen molar-refractivity contribution < 1.29 is 14.3 Å². The number of hydrogen-bond donors (Lipinski definition) is 2. The molecule has 0 atom stereocenters. The largest absolute Gasteiger partial charge is 0.494 e. The minimum atomic E-state index is -0.567. The number of carbonyl (C=O) groups excluding carboxylic acids is 1. The standard InChI is InChI=1S/C18H24N2O4S/c1-9-8-10(21)19-12-11(9)14(23-5)13(16(25-7)15(12)24-6)20-17(22)18(2,3)4/h8H,1-7H3,(H,19,21)(H,20,22). The molecule has 0 saturated heterocycles. The molecule has 136 valence electrons. The predicted octanol–water partition coefficient (Wildman–Crippen LogP) is 3.56. The molecule has 2 aromatic rings. The number of rotatable bonds is 4. The Morgan fingerprint density at radius 2 is 1.80 bits per heavy atom. The summed E-state index contributed by atoms with van der Waals surface area (Å²) in [4.78, 5) is 28.0. The van der Waals surface area contributed by atoms with Crippen LogP contribution in [0.3, 0.4) is 0 Å². The van der Waals surface area contributed by atoms with Gasteiger partial charge in [-0.2, -0.15) is 0 Å². The van der Waals surface area contributed by atoms with Crippen LogP contribution in [0.1, 0.15) is 26.3 Å². The minimum absolute atomic E-state index is 0.135. The van der Waals surface area contributed by atoms with Crippen LogP contribution in [0.2, 0.25) is 0 Å². The summed E-state index contributed by atoms with van der Waals surface area (Å²) in [7, 11) is 3.08. The van der Waals surface area contributed by atoms with Crippen molar-refractivity contribution in [2.24, 2.45) is 5.41 Å². The number of nitrogens with one attached hydrogen (secondary N) is 2. The number of pyridine rings is 1.